The van der Waals surface area contributed by atoms with Crippen molar-refractivity contribution in [3.63, 3.8) is 0 Å². The molecule has 2 aromatic heterocycles. The maximum atomic E-state index is 13.2. The number of aromatic nitrogens is 3. The maximum absolute atomic E-state index is 13.2. The average Bonchev–Trinajstić information content (AvgIpc) is 3.29. The zero-order chi connectivity index (χ0) is 20.3. The minimum atomic E-state index is -4.48. The number of hydrogen-bond donors (Lipinski definition) is 2. The molecule has 0 aliphatic heterocycles. The van der Waals surface area contributed by atoms with Crippen LogP contribution in [0.3, 0.4) is 0 Å². The molecular weight excluding hydrogens is 375 g/mol. The van der Waals surface area contributed by atoms with E-state index in [9.17, 15) is 18.0 Å². The van der Waals surface area contributed by atoms with Gasteiger partial charge in [0, 0.05) is 25.7 Å². The first kappa shape index (κ1) is 19.6. The van der Waals surface area contributed by atoms with Crippen molar-refractivity contribution >= 4 is 5.91 Å². The summed E-state index contributed by atoms with van der Waals surface area (Å²) in [6.07, 6.45) is -1.82. The van der Waals surface area contributed by atoms with E-state index in [0.717, 1.165) is 6.07 Å². The lowest BCUT2D eigenvalue weighted by molar-refractivity contribution is -0.138. The van der Waals surface area contributed by atoms with E-state index in [4.69, 9.17) is 10.2 Å². The highest BCUT2D eigenvalue weighted by atomic mass is 19.4. The van der Waals surface area contributed by atoms with Gasteiger partial charge in [-0.05, 0) is 18.1 Å². The minimum absolute atomic E-state index is 0.000515. The fourth-order valence-corrected chi connectivity index (χ4v) is 2.82. The van der Waals surface area contributed by atoms with Crippen molar-refractivity contribution in [2.45, 2.75) is 18.6 Å². The highest BCUT2D eigenvalue weighted by Gasteiger charge is 2.33. The van der Waals surface area contributed by atoms with Gasteiger partial charge in [0.2, 0.25) is 0 Å². The zero-order valence-corrected chi connectivity index (χ0v) is 14.9. The number of hydrogen-bond acceptors (Lipinski definition) is 5. The Morgan fingerprint density at radius 2 is 2.11 bits per heavy atom. The van der Waals surface area contributed by atoms with Gasteiger partial charge in [0.15, 0.2) is 11.6 Å². The van der Waals surface area contributed by atoms with Crippen LogP contribution in [-0.4, -0.2) is 33.3 Å². The number of halogens is 3. The smallest absolute Gasteiger partial charge is 0.416 e. The molecule has 10 heteroatoms. The molecule has 0 saturated carbocycles. The monoisotopic (exact) mass is 393 g/mol. The number of carbonyl (C=O) groups is 1. The van der Waals surface area contributed by atoms with Gasteiger partial charge in [0.25, 0.3) is 5.91 Å². The van der Waals surface area contributed by atoms with Gasteiger partial charge in [0.1, 0.15) is 12.6 Å². The van der Waals surface area contributed by atoms with E-state index in [0.29, 0.717) is 11.4 Å². The first-order valence-electron chi connectivity index (χ1n) is 8.38. The molecule has 3 aromatic rings. The summed E-state index contributed by atoms with van der Waals surface area (Å²) in [4.78, 5) is 16.5. The van der Waals surface area contributed by atoms with Crippen LogP contribution < -0.4 is 11.1 Å². The van der Waals surface area contributed by atoms with Crippen LogP contribution >= 0.6 is 0 Å². The van der Waals surface area contributed by atoms with Crippen LogP contribution in [0, 0.1) is 0 Å². The largest absolute Gasteiger partial charge is 0.458 e. The van der Waals surface area contributed by atoms with Gasteiger partial charge in [-0.2, -0.15) is 18.3 Å². The zero-order valence-electron chi connectivity index (χ0n) is 14.9. The normalized spacial score (nSPS) is 12.8. The van der Waals surface area contributed by atoms with Crippen LogP contribution in [0.4, 0.5) is 13.2 Å². The molecule has 3 N–H and O–H groups in total. The van der Waals surface area contributed by atoms with Gasteiger partial charge in [-0.25, -0.2) is 9.67 Å². The summed E-state index contributed by atoms with van der Waals surface area (Å²) < 4.78 is 46.2. The van der Waals surface area contributed by atoms with Crippen molar-refractivity contribution in [3.05, 3.63) is 59.8 Å². The number of aryl methyl sites for hydroxylation is 1. The van der Waals surface area contributed by atoms with Crippen LogP contribution in [0.5, 0.6) is 0 Å². The number of nitrogens with zero attached hydrogens (tertiary/aromatic N) is 3. The molecule has 0 radical (unpaired) electrons. The second-order valence-corrected chi connectivity index (χ2v) is 6.17. The Hall–Kier alpha value is -3.14. The van der Waals surface area contributed by atoms with E-state index in [1.54, 1.807) is 7.05 Å². The second kappa shape index (κ2) is 7.85. The van der Waals surface area contributed by atoms with E-state index >= 15 is 0 Å². The summed E-state index contributed by atoms with van der Waals surface area (Å²) >= 11 is 0. The Labute approximate surface area is 158 Å². The minimum Gasteiger partial charge on any atom is -0.458 e. The van der Waals surface area contributed by atoms with Crippen molar-refractivity contribution in [2.24, 2.45) is 12.8 Å². The van der Waals surface area contributed by atoms with Crippen molar-refractivity contribution in [2.75, 3.05) is 6.54 Å². The lowest BCUT2D eigenvalue weighted by atomic mass is 9.99. The number of furan rings is 1. The average molecular weight is 393 g/mol. The predicted octanol–water partition coefficient (Wildman–Crippen LogP) is 2.39. The number of carbonyl (C=O) groups excluding carboxylic acids is 1. The van der Waals surface area contributed by atoms with Crippen LogP contribution in [0.25, 0.3) is 11.4 Å². The molecule has 0 saturated heterocycles. The number of rotatable bonds is 6. The second-order valence-electron chi connectivity index (χ2n) is 6.17. The molecule has 1 aromatic carbocycles. The van der Waals surface area contributed by atoms with E-state index in [1.165, 1.54) is 41.5 Å². The first-order chi connectivity index (χ1) is 13.3. The van der Waals surface area contributed by atoms with Crippen molar-refractivity contribution in [1.29, 1.82) is 0 Å². The van der Waals surface area contributed by atoms with E-state index in [-0.39, 0.29) is 24.3 Å². The van der Waals surface area contributed by atoms with Crippen LogP contribution in [-0.2, 0) is 19.6 Å². The van der Waals surface area contributed by atoms with Crippen LogP contribution in [0.15, 0.2) is 47.3 Å². The molecule has 0 fully saturated rings. The van der Waals surface area contributed by atoms with Gasteiger partial charge in [-0.15, -0.1) is 0 Å². The molecule has 148 valence electrons. The third-order valence-electron chi connectivity index (χ3n) is 4.20. The summed E-state index contributed by atoms with van der Waals surface area (Å²) in [5.74, 6) is -0.0637. The predicted molar refractivity (Wildman–Crippen MR) is 94.2 cm³/mol. The molecule has 3 rings (SSSR count). The van der Waals surface area contributed by atoms with E-state index in [1.807, 2.05) is 0 Å². The third-order valence-corrected chi connectivity index (χ3v) is 4.20. The van der Waals surface area contributed by atoms with E-state index < -0.39 is 23.7 Å². The Kier molecular flexibility index (Phi) is 5.50. The Bertz CT molecular complexity index is 964. The SMILES string of the molecule is Cn1ncnc1-c1coc(C(=O)N[C@H](CN)Cc2ccccc2C(F)(F)F)c1. The number of benzene rings is 1. The molecule has 2 heterocycles. The van der Waals surface area contributed by atoms with Gasteiger partial charge >= 0.3 is 6.18 Å². The molecule has 1 amide bonds. The molecule has 0 aliphatic rings. The van der Waals surface area contributed by atoms with Crippen molar-refractivity contribution in [1.82, 2.24) is 20.1 Å². The first-order valence-corrected chi connectivity index (χ1v) is 8.38. The fraction of sp³-hybridized carbons (Fsp3) is 0.278. The topological polar surface area (TPSA) is 99.0 Å². The number of nitrogens with two attached hydrogens (primary N) is 1. The Balaban J connectivity index is 1.73. The maximum Gasteiger partial charge on any atom is 0.416 e. The molecule has 0 spiro atoms. The summed E-state index contributed by atoms with van der Waals surface area (Å²) in [6, 6.07) is 6.00. The summed E-state index contributed by atoms with van der Waals surface area (Å²) in [7, 11) is 1.69. The number of nitrogens with one attached hydrogen (secondary N) is 1. The summed E-state index contributed by atoms with van der Waals surface area (Å²) in [5, 5.41) is 6.55. The molecule has 0 unspecified atom stereocenters. The Morgan fingerprint density at radius 3 is 2.75 bits per heavy atom. The van der Waals surface area contributed by atoms with Crippen molar-refractivity contribution < 1.29 is 22.4 Å². The van der Waals surface area contributed by atoms with Gasteiger partial charge in [-0.3, -0.25) is 4.79 Å². The molecule has 1 atom stereocenters. The van der Waals surface area contributed by atoms with Gasteiger partial charge in [0.05, 0.1) is 11.1 Å². The van der Waals surface area contributed by atoms with Crippen LogP contribution in [0.1, 0.15) is 21.7 Å². The summed E-state index contributed by atoms with van der Waals surface area (Å²) in [6.45, 7) is -0.0330. The van der Waals surface area contributed by atoms with Crippen LogP contribution in [0.2, 0.25) is 0 Å². The number of amides is 1. The van der Waals surface area contributed by atoms with E-state index in [2.05, 4.69) is 15.4 Å². The molecule has 0 aliphatic carbocycles. The molecule has 28 heavy (non-hydrogen) atoms. The quantitative estimate of drug-likeness (QED) is 0.670. The molecule has 0 bridgehead atoms. The highest BCUT2D eigenvalue weighted by molar-refractivity contribution is 5.92. The fourth-order valence-electron chi connectivity index (χ4n) is 2.82. The summed E-state index contributed by atoms with van der Waals surface area (Å²) in [5.41, 5.74) is 5.53. The molecular formula is C18H18F3N5O2. The van der Waals surface area contributed by atoms with Crippen molar-refractivity contribution in [3.8, 4) is 11.4 Å². The standard InChI is InChI=1S/C18H18F3N5O2/c1-26-16(23-10-24-26)12-7-15(28-9-12)17(27)25-13(8-22)6-11-4-2-3-5-14(11)18(19,20)21/h2-5,7,9-10,13H,6,8,22H2,1H3,(H,25,27)/t13-/m0/s1. The van der Waals surface area contributed by atoms with Gasteiger partial charge in [-0.1, -0.05) is 18.2 Å². The molecule has 7 nitrogen and oxygen atoms in total. The number of alkyl halides is 3. The lowest BCUT2D eigenvalue weighted by Crippen LogP contribution is -2.42. The van der Waals surface area contributed by atoms with Gasteiger partial charge < -0.3 is 15.5 Å². The Morgan fingerprint density at radius 1 is 1.36 bits per heavy atom. The lowest BCUT2D eigenvalue weighted by Gasteiger charge is -2.19. The third kappa shape index (κ3) is 4.22. The highest BCUT2D eigenvalue weighted by Crippen LogP contribution is 2.32.